The van der Waals surface area contributed by atoms with E-state index in [0.29, 0.717) is 12.3 Å². The summed E-state index contributed by atoms with van der Waals surface area (Å²) in [6.45, 7) is 6.82. The standard InChI is InChI=1S/C13H20N2OS/c1-13(2,3)17-9-12(16)15-11-6-4-10(8-14)5-7-11/h4-7H,8-9,14H2,1-3H3,(H,15,16). The summed E-state index contributed by atoms with van der Waals surface area (Å²) in [5.41, 5.74) is 7.39. The SMILES string of the molecule is CC(C)(C)SCC(=O)Nc1ccc(CN)cc1. The van der Waals surface area contributed by atoms with E-state index in [9.17, 15) is 4.79 Å². The van der Waals surface area contributed by atoms with Crippen molar-refractivity contribution in [3.63, 3.8) is 0 Å². The predicted molar refractivity (Wildman–Crippen MR) is 75.2 cm³/mol. The quantitative estimate of drug-likeness (QED) is 0.866. The van der Waals surface area contributed by atoms with E-state index in [1.54, 1.807) is 11.8 Å². The lowest BCUT2D eigenvalue weighted by atomic mass is 10.2. The maximum atomic E-state index is 11.7. The Hall–Kier alpha value is -1.00. The van der Waals surface area contributed by atoms with Crippen LogP contribution in [0.15, 0.2) is 24.3 Å². The number of benzene rings is 1. The number of anilines is 1. The third-order valence-electron chi connectivity index (χ3n) is 2.11. The molecule has 3 N–H and O–H groups in total. The highest BCUT2D eigenvalue weighted by Crippen LogP contribution is 2.23. The molecule has 0 heterocycles. The van der Waals surface area contributed by atoms with E-state index in [2.05, 4.69) is 26.1 Å². The van der Waals surface area contributed by atoms with Crippen LogP contribution >= 0.6 is 11.8 Å². The molecule has 0 aliphatic rings. The van der Waals surface area contributed by atoms with E-state index < -0.39 is 0 Å². The van der Waals surface area contributed by atoms with Crippen molar-refractivity contribution in [1.29, 1.82) is 0 Å². The number of carbonyl (C=O) groups is 1. The van der Waals surface area contributed by atoms with Crippen LogP contribution in [0.5, 0.6) is 0 Å². The van der Waals surface area contributed by atoms with Gasteiger partial charge >= 0.3 is 0 Å². The van der Waals surface area contributed by atoms with Crippen molar-refractivity contribution in [3.05, 3.63) is 29.8 Å². The van der Waals surface area contributed by atoms with E-state index in [4.69, 9.17) is 5.73 Å². The zero-order valence-corrected chi connectivity index (χ0v) is 11.4. The maximum Gasteiger partial charge on any atom is 0.234 e. The van der Waals surface area contributed by atoms with Crippen molar-refractivity contribution in [3.8, 4) is 0 Å². The lowest BCUT2D eigenvalue weighted by molar-refractivity contribution is -0.113. The molecular weight excluding hydrogens is 232 g/mol. The Morgan fingerprint density at radius 3 is 2.35 bits per heavy atom. The van der Waals surface area contributed by atoms with Gasteiger partial charge in [-0.1, -0.05) is 32.9 Å². The summed E-state index contributed by atoms with van der Waals surface area (Å²) in [6.07, 6.45) is 0. The third kappa shape index (κ3) is 5.75. The fourth-order valence-electron chi connectivity index (χ4n) is 1.20. The van der Waals surface area contributed by atoms with Gasteiger partial charge in [-0.25, -0.2) is 0 Å². The van der Waals surface area contributed by atoms with Crippen LogP contribution in [0.3, 0.4) is 0 Å². The van der Waals surface area contributed by atoms with Crippen LogP contribution in [0.25, 0.3) is 0 Å². The molecule has 0 aromatic heterocycles. The van der Waals surface area contributed by atoms with Gasteiger partial charge in [0.15, 0.2) is 0 Å². The summed E-state index contributed by atoms with van der Waals surface area (Å²) in [6, 6.07) is 7.60. The molecule has 1 rings (SSSR count). The Bertz CT molecular complexity index is 368. The van der Waals surface area contributed by atoms with Gasteiger partial charge in [0.05, 0.1) is 5.75 Å². The summed E-state index contributed by atoms with van der Waals surface area (Å²) in [7, 11) is 0. The molecule has 4 heteroatoms. The van der Waals surface area contributed by atoms with Crippen LogP contribution in [0.2, 0.25) is 0 Å². The third-order valence-corrected chi connectivity index (χ3v) is 3.38. The Labute approximate surface area is 107 Å². The van der Waals surface area contributed by atoms with Gasteiger partial charge in [-0.15, -0.1) is 11.8 Å². The number of nitrogens with two attached hydrogens (primary N) is 1. The van der Waals surface area contributed by atoms with E-state index in [-0.39, 0.29) is 10.7 Å². The fraction of sp³-hybridized carbons (Fsp3) is 0.462. The number of thioether (sulfide) groups is 1. The molecule has 3 nitrogen and oxygen atoms in total. The van der Waals surface area contributed by atoms with Gasteiger partial charge < -0.3 is 11.1 Å². The summed E-state index contributed by atoms with van der Waals surface area (Å²) in [4.78, 5) is 11.7. The molecule has 0 saturated carbocycles. The summed E-state index contributed by atoms with van der Waals surface area (Å²) in [5.74, 6) is 0.507. The molecule has 0 radical (unpaired) electrons. The minimum absolute atomic E-state index is 0.0328. The van der Waals surface area contributed by atoms with Crippen molar-refractivity contribution in [2.75, 3.05) is 11.1 Å². The van der Waals surface area contributed by atoms with Gasteiger partial charge in [-0.3, -0.25) is 4.79 Å². The van der Waals surface area contributed by atoms with Crippen molar-refractivity contribution in [1.82, 2.24) is 0 Å². The molecule has 94 valence electrons. The first-order chi connectivity index (χ1) is 7.90. The highest BCUT2D eigenvalue weighted by molar-refractivity contribution is 8.01. The maximum absolute atomic E-state index is 11.7. The lowest BCUT2D eigenvalue weighted by Crippen LogP contribution is -2.18. The number of carbonyl (C=O) groups excluding carboxylic acids is 1. The lowest BCUT2D eigenvalue weighted by Gasteiger charge is -2.17. The van der Waals surface area contributed by atoms with Crippen molar-refractivity contribution < 1.29 is 4.79 Å². The Morgan fingerprint density at radius 1 is 1.29 bits per heavy atom. The van der Waals surface area contributed by atoms with Gasteiger partial charge in [-0.2, -0.15) is 0 Å². The molecule has 0 aliphatic heterocycles. The molecule has 0 saturated heterocycles. The van der Waals surface area contributed by atoms with E-state index >= 15 is 0 Å². The first-order valence-electron chi connectivity index (χ1n) is 5.63. The Kier molecular flexibility index (Phi) is 5.02. The Balaban J connectivity index is 2.45. The molecule has 0 spiro atoms. The van der Waals surface area contributed by atoms with Gasteiger partial charge in [0.1, 0.15) is 0 Å². The second-order valence-corrected chi connectivity index (χ2v) is 6.65. The molecule has 1 aromatic rings. The topological polar surface area (TPSA) is 55.1 Å². The van der Waals surface area contributed by atoms with Crippen molar-refractivity contribution in [2.24, 2.45) is 5.73 Å². The van der Waals surface area contributed by atoms with Crippen LogP contribution in [0.1, 0.15) is 26.3 Å². The normalized spacial score (nSPS) is 11.3. The van der Waals surface area contributed by atoms with Crippen molar-refractivity contribution >= 4 is 23.4 Å². The summed E-state index contributed by atoms with van der Waals surface area (Å²) in [5, 5.41) is 2.87. The molecule has 1 amide bonds. The van der Waals surface area contributed by atoms with Crippen LogP contribution in [0.4, 0.5) is 5.69 Å². The first kappa shape index (κ1) is 14.1. The largest absolute Gasteiger partial charge is 0.326 e. The predicted octanol–water partition coefficient (Wildman–Crippen LogP) is 2.62. The molecule has 0 unspecified atom stereocenters. The van der Waals surface area contributed by atoms with Gasteiger partial charge in [0.2, 0.25) is 5.91 Å². The fourth-order valence-corrected chi connectivity index (χ4v) is 1.84. The zero-order valence-electron chi connectivity index (χ0n) is 10.6. The van der Waals surface area contributed by atoms with Crippen LogP contribution in [-0.2, 0) is 11.3 Å². The van der Waals surface area contributed by atoms with Gasteiger partial charge in [-0.05, 0) is 17.7 Å². The second kappa shape index (κ2) is 6.07. The number of hydrogen-bond donors (Lipinski definition) is 2. The van der Waals surface area contributed by atoms with Crippen LogP contribution in [0, 0.1) is 0 Å². The van der Waals surface area contributed by atoms with E-state index in [0.717, 1.165) is 11.3 Å². The number of rotatable bonds is 4. The first-order valence-corrected chi connectivity index (χ1v) is 6.62. The number of hydrogen-bond acceptors (Lipinski definition) is 3. The molecule has 0 atom stereocenters. The second-order valence-electron chi connectivity index (χ2n) is 4.85. The number of amides is 1. The average molecular weight is 252 g/mol. The molecular formula is C13H20N2OS. The zero-order chi connectivity index (χ0) is 12.9. The Morgan fingerprint density at radius 2 is 1.88 bits per heavy atom. The highest BCUT2D eigenvalue weighted by Gasteiger charge is 2.13. The molecule has 0 aliphatic carbocycles. The van der Waals surface area contributed by atoms with Gasteiger partial charge in [0.25, 0.3) is 0 Å². The smallest absolute Gasteiger partial charge is 0.234 e. The summed E-state index contributed by atoms with van der Waals surface area (Å²) < 4.78 is 0.112. The minimum Gasteiger partial charge on any atom is -0.326 e. The highest BCUT2D eigenvalue weighted by atomic mass is 32.2. The van der Waals surface area contributed by atoms with Crippen LogP contribution < -0.4 is 11.1 Å². The van der Waals surface area contributed by atoms with E-state index in [1.807, 2.05) is 24.3 Å². The van der Waals surface area contributed by atoms with Crippen molar-refractivity contribution in [2.45, 2.75) is 32.1 Å². The average Bonchev–Trinajstić information content (AvgIpc) is 2.27. The molecule has 0 bridgehead atoms. The molecule has 17 heavy (non-hydrogen) atoms. The van der Waals surface area contributed by atoms with Gasteiger partial charge in [0, 0.05) is 17.0 Å². The molecule has 1 aromatic carbocycles. The number of nitrogens with one attached hydrogen (secondary N) is 1. The minimum atomic E-state index is 0.0328. The molecule has 0 fully saturated rings. The summed E-state index contributed by atoms with van der Waals surface area (Å²) >= 11 is 1.64. The monoisotopic (exact) mass is 252 g/mol. The van der Waals surface area contributed by atoms with E-state index in [1.165, 1.54) is 0 Å². The van der Waals surface area contributed by atoms with Crippen LogP contribution in [-0.4, -0.2) is 16.4 Å².